The first-order chi connectivity index (χ1) is 12.5. The Bertz CT molecular complexity index is 927. The van der Waals surface area contributed by atoms with Crippen molar-refractivity contribution in [3.05, 3.63) is 57.8 Å². The number of carbonyl (C=O) groups is 2. The number of benzene rings is 1. The fourth-order valence-electron chi connectivity index (χ4n) is 2.89. The molecule has 2 aromatic rings. The van der Waals surface area contributed by atoms with Gasteiger partial charge in [-0.2, -0.15) is 5.26 Å². The molecule has 0 fully saturated rings. The van der Waals surface area contributed by atoms with Gasteiger partial charge in [-0.1, -0.05) is 6.58 Å². The maximum atomic E-state index is 12.7. The van der Waals surface area contributed by atoms with Crippen molar-refractivity contribution in [2.75, 3.05) is 19.0 Å². The summed E-state index contributed by atoms with van der Waals surface area (Å²) in [6, 6.07) is 6.92. The molecule has 0 bridgehead atoms. The van der Waals surface area contributed by atoms with Crippen molar-refractivity contribution in [1.29, 1.82) is 5.26 Å². The van der Waals surface area contributed by atoms with E-state index in [1.165, 1.54) is 24.5 Å². The minimum Gasteiger partial charge on any atom is -0.497 e. The predicted molar refractivity (Wildman–Crippen MR) is 99.3 cm³/mol. The number of hydrogen-bond acceptors (Lipinski definition) is 5. The standard InChI is InChI=1S/C19H17N3O3S/c1-3-18(23)22-5-4-15-16(11-26-17(15)10-22)19(24)21-13-6-12(9-20)7-14(8-13)25-2/h3,6-8,11H,1,4-5,10H2,2H3,(H,21,24). The molecule has 6 nitrogen and oxygen atoms in total. The number of rotatable bonds is 4. The van der Waals surface area contributed by atoms with Crippen molar-refractivity contribution in [1.82, 2.24) is 4.90 Å². The molecule has 0 aliphatic carbocycles. The third-order valence-corrected chi connectivity index (χ3v) is 5.22. The highest BCUT2D eigenvalue weighted by Gasteiger charge is 2.25. The average molecular weight is 367 g/mol. The Labute approximate surface area is 155 Å². The molecule has 2 heterocycles. The minimum atomic E-state index is -0.233. The van der Waals surface area contributed by atoms with Gasteiger partial charge in [-0.15, -0.1) is 11.3 Å². The second-order valence-corrected chi connectivity index (χ2v) is 6.75. The lowest BCUT2D eigenvalue weighted by Gasteiger charge is -2.26. The molecule has 0 saturated carbocycles. The lowest BCUT2D eigenvalue weighted by Crippen LogP contribution is -2.34. The fourth-order valence-corrected chi connectivity index (χ4v) is 3.98. The van der Waals surface area contributed by atoms with Gasteiger partial charge in [0, 0.05) is 28.6 Å². The van der Waals surface area contributed by atoms with E-state index in [0.29, 0.717) is 42.1 Å². The van der Waals surface area contributed by atoms with E-state index in [4.69, 9.17) is 10.00 Å². The van der Waals surface area contributed by atoms with E-state index in [1.807, 2.05) is 11.4 Å². The zero-order chi connectivity index (χ0) is 18.7. The van der Waals surface area contributed by atoms with Gasteiger partial charge in [-0.05, 0) is 30.2 Å². The summed E-state index contributed by atoms with van der Waals surface area (Å²) in [5, 5.41) is 13.7. The molecule has 3 rings (SSSR count). The van der Waals surface area contributed by atoms with Crippen LogP contribution in [0.4, 0.5) is 5.69 Å². The van der Waals surface area contributed by atoms with Crippen LogP contribution in [0.2, 0.25) is 0 Å². The molecule has 0 unspecified atom stereocenters. The van der Waals surface area contributed by atoms with E-state index in [-0.39, 0.29) is 11.8 Å². The number of thiophene rings is 1. The van der Waals surface area contributed by atoms with Crippen LogP contribution in [0.15, 0.2) is 36.2 Å². The molecule has 1 aliphatic rings. The van der Waals surface area contributed by atoms with Crippen molar-refractivity contribution in [3.63, 3.8) is 0 Å². The Morgan fingerprint density at radius 2 is 2.23 bits per heavy atom. The molecule has 0 saturated heterocycles. The lowest BCUT2D eigenvalue weighted by molar-refractivity contribution is -0.126. The molecule has 1 N–H and O–H groups in total. The van der Waals surface area contributed by atoms with E-state index < -0.39 is 0 Å². The number of amides is 2. The van der Waals surface area contributed by atoms with Crippen molar-refractivity contribution < 1.29 is 14.3 Å². The first kappa shape index (κ1) is 17.7. The van der Waals surface area contributed by atoms with Crippen LogP contribution in [0.1, 0.15) is 26.4 Å². The zero-order valence-electron chi connectivity index (χ0n) is 14.2. The van der Waals surface area contributed by atoms with Crippen LogP contribution in [0, 0.1) is 11.3 Å². The Morgan fingerprint density at radius 1 is 1.42 bits per heavy atom. The number of carbonyl (C=O) groups excluding carboxylic acids is 2. The first-order valence-electron chi connectivity index (χ1n) is 7.96. The van der Waals surface area contributed by atoms with Crippen LogP contribution in [0.3, 0.4) is 0 Å². The van der Waals surface area contributed by atoms with Gasteiger partial charge in [0.2, 0.25) is 5.91 Å². The van der Waals surface area contributed by atoms with Crippen molar-refractivity contribution in [2.24, 2.45) is 0 Å². The molecule has 1 aromatic carbocycles. The molecule has 0 radical (unpaired) electrons. The Kier molecular flexibility index (Phi) is 5.05. The van der Waals surface area contributed by atoms with Crippen LogP contribution in [-0.2, 0) is 17.8 Å². The second-order valence-electron chi connectivity index (χ2n) is 5.78. The molecular weight excluding hydrogens is 350 g/mol. The Balaban J connectivity index is 1.81. The third kappa shape index (κ3) is 3.46. The summed E-state index contributed by atoms with van der Waals surface area (Å²) in [6.45, 7) is 4.57. The summed E-state index contributed by atoms with van der Waals surface area (Å²) < 4.78 is 5.16. The molecule has 26 heavy (non-hydrogen) atoms. The van der Waals surface area contributed by atoms with Gasteiger partial charge in [-0.25, -0.2) is 0 Å². The van der Waals surface area contributed by atoms with E-state index >= 15 is 0 Å². The van der Waals surface area contributed by atoms with Gasteiger partial charge < -0.3 is 15.0 Å². The molecule has 0 atom stereocenters. The molecule has 1 aliphatic heterocycles. The average Bonchev–Trinajstić information content (AvgIpc) is 3.10. The van der Waals surface area contributed by atoms with Crippen LogP contribution in [0.25, 0.3) is 0 Å². The number of anilines is 1. The Morgan fingerprint density at radius 3 is 2.92 bits per heavy atom. The number of ether oxygens (including phenoxy) is 1. The Hall–Kier alpha value is -3.11. The predicted octanol–water partition coefficient (Wildman–Crippen LogP) is 2.95. The number of hydrogen-bond donors (Lipinski definition) is 1. The van der Waals surface area contributed by atoms with Gasteiger partial charge in [0.15, 0.2) is 0 Å². The molecule has 132 valence electrons. The number of fused-ring (bicyclic) bond motifs is 1. The monoisotopic (exact) mass is 367 g/mol. The molecular formula is C19H17N3O3S. The summed E-state index contributed by atoms with van der Waals surface area (Å²) in [6.07, 6.45) is 1.94. The topological polar surface area (TPSA) is 82.4 Å². The van der Waals surface area contributed by atoms with Crippen LogP contribution in [0.5, 0.6) is 5.75 Å². The van der Waals surface area contributed by atoms with Gasteiger partial charge >= 0.3 is 0 Å². The number of nitriles is 1. The van der Waals surface area contributed by atoms with Gasteiger partial charge in [-0.3, -0.25) is 9.59 Å². The van der Waals surface area contributed by atoms with Crippen LogP contribution >= 0.6 is 11.3 Å². The fraction of sp³-hybridized carbons (Fsp3) is 0.211. The SMILES string of the molecule is C=CC(=O)N1CCc2c(C(=O)Nc3cc(C#N)cc(OC)c3)csc2C1. The number of methoxy groups -OCH3 is 1. The molecule has 1 aromatic heterocycles. The van der Waals surface area contributed by atoms with Gasteiger partial charge in [0.25, 0.3) is 5.91 Å². The normalized spacial score (nSPS) is 12.7. The summed E-state index contributed by atoms with van der Waals surface area (Å²) in [5.74, 6) is 0.170. The van der Waals surface area contributed by atoms with Crippen molar-refractivity contribution in [2.45, 2.75) is 13.0 Å². The lowest BCUT2D eigenvalue weighted by atomic mass is 10.0. The van der Waals surface area contributed by atoms with E-state index in [2.05, 4.69) is 11.9 Å². The summed E-state index contributed by atoms with van der Waals surface area (Å²) >= 11 is 1.47. The molecule has 0 spiro atoms. The highest BCUT2D eigenvalue weighted by atomic mass is 32.1. The number of nitrogens with one attached hydrogen (secondary N) is 1. The molecule has 2 amide bonds. The highest BCUT2D eigenvalue weighted by molar-refractivity contribution is 7.10. The summed E-state index contributed by atoms with van der Waals surface area (Å²) in [7, 11) is 1.51. The van der Waals surface area contributed by atoms with Crippen LogP contribution < -0.4 is 10.1 Å². The quantitative estimate of drug-likeness (QED) is 0.842. The van der Waals surface area contributed by atoms with Crippen LogP contribution in [-0.4, -0.2) is 30.4 Å². The highest BCUT2D eigenvalue weighted by Crippen LogP contribution is 2.30. The van der Waals surface area contributed by atoms with E-state index in [0.717, 1.165) is 10.4 Å². The van der Waals surface area contributed by atoms with Crippen molar-refractivity contribution >= 4 is 28.8 Å². The number of nitrogens with zero attached hydrogens (tertiary/aromatic N) is 2. The maximum absolute atomic E-state index is 12.7. The van der Waals surface area contributed by atoms with Gasteiger partial charge in [0.1, 0.15) is 5.75 Å². The smallest absolute Gasteiger partial charge is 0.256 e. The second kappa shape index (κ2) is 7.42. The van der Waals surface area contributed by atoms with E-state index in [1.54, 1.807) is 23.1 Å². The molecule has 7 heteroatoms. The van der Waals surface area contributed by atoms with Gasteiger partial charge in [0.05, 0.1) is 30.9 Å². The minimum absolute atomic E-state index is 0.101. The summed E-state index contributed by atoms with van der Waals surface area (Å²) in [4.78, 5) is 27.2. The first-order valence-corrected chi connectivity index (χ1v) is 8.84. The van der Waals surface area contributed by atoms with E-state index in [9.17, 15) is 9.59 Å². The summed E-state index contributed by atoms with van der Waals surface area (Å²) in [5.41, 5.74) is 2.50. The largest absolute Gasteiger partial charge is 0.497 e. The van der Waals surface area contributed by atoms with Crippen molar-refractivity contribution in [3.8, 4) is 11.8 Å². The zero-order valence-corrected chi connectivity index (χ0v) is 15.1. The third-order valence-electron chi connectivity index (χ3n) is 4.21. The maximum Gasteiger partial charge on any atom is 0.256 e.